The van der Waals surface area contributed by atoms with Gasteiger partial charge in [0.2, 0.25) is 0 Å². The summed E-state index contributed by atoms with van der Waals surface area (Å²) in [5, 5.41) is 9.02. The van der Waals surface area contributed by atoms with Gasteiger partial charge in [-0.2, -0.15) is 0 Å². The van der Waals surface area contributed by atoms with Crippen LogP contribution in [0.5, 0.6) is 0 Å². The van der Waals surface area contributed by atoms with Crippen molar-refractivity contribution < 1.29 is 0 Å². The van der Waals surface area contributed by atoms with Crippen LogP contribution >= 0.6 is 0 Å². The predicted octanol–water partition coefficient (Wildman–Crippen LogP) is 3.31. The molecular formula is C21H6O3. The average Bonchev–Trinajstić information content (AvgIpc) is 3.17. The molecule has 0 spiro atoms. The lowest BCUT2D eigenvalue weighted by Gasteiger charge is -2.06. The summed E-state index contributed by atoms with van der Waals surface area (Å²) in [6.07, 6.45) is 0. The van der Waals surface area contributed by atoms with Crippen LogP contribution in [0.4, 0.5) is 0 Å². The first-order valence-corrected chi connectivity index (χ1v) is 7.84. The Hall–Kier alpha value is -3.33. The zero-order valence-electron chi connectivity index (χ0n) is 12.2. The van der Waals surface area contributed by atoms with Crippen LogP contribution in [0.1, 0.15) is 0 Å². The summed E-state index contributed by atoms with van der Waals surface area (Å²) < 4.78 is 0. The summed E-state index contributed by atoms with van der Waals surface area (Å²) in [6.45, 7) is 0. The molecule has 108 valence electrons. The van der Waals surface area contributed by atoms with E-state index in [1.807, 2.05) is 0 Å². The lowest BCUT2D eigenvalue weighted by atomic mass is 9.95. The van der Waals surface area contributed by atoms with Crippen LogP contribution in [0.3, 0.4) is 0 Å². The Kier molecular flexibility index (Phi) is 1.41. The highest BCUT2D eigenvalue weighted by Gasteiger charge is 2.28. The number of hydrogen-bond acceptors (Lipinski definition) is 3. The molecule has 0 aliphatic rings. The summed E-state index contributed by atoms with van der Waals surface area (Å²) in [6, 6.07) is 10.6. The predicted molar refractivity (Wildman–Crippen MR) is 97.4 cm³/mol. The third-order valence-electron chi connectivity index (χ3n) is 5.83. The highest BCUT2D eigenvalue weighted by atomic mass is 16.1. The van der Waals surface area contributed by atoms with E-state index in [9.17, 15) is 14.4 Å². The number of rotatable bonds is 0. The minimum atomic E-state index is -0.0137. The van der Waals surface area contributed by atoms with Gasteiger partial charge in [-0.1, -0.05) is 0 Å². The molecule has 0 saturated heterocycles. The Balaban J connectivity index is 2.22. The molecule has 0 amide bonds. The molecule has 7 aromatic carbocycles. The van der Waals surface area contributed by atoms with Crippen molar-refractivity contribution in [2.45, 2.75) is 0 Å². The molecule has 0 atom stereocenters. The fraction of sp³-hybridized carbons (Fsp3) is 0. The smallest absolute Gasteiger partial charge is 0.194 e. The van der Waals surface area contributed by atoms with E-state index in [4.69, 9.17) is 0 Å². The van der Waals surface area contributed by atoms with Crippen LogP contribution in [0, 0.1) is 0 Å². The fourth-order valence-electron chi connectivity index (χ4n) is 4.94. The van der Waals surface area contributed by atoms with E-state index in [1.54, 1.807) is 36.4 Å². The Morgan fingerprint density at radius 2 is 0.500 bits per heavy atom. The molecule has 0 unspecified atom stereocenters. The summed E-state index contributed by atoms with van der Waals surface area (Å²) in [5.41, 5.74) is -0.0411. The van der Waals surface area contributed by atoms with E-state index in [0.717, 1.165) is 32.3 Å². The normalized spacial score (nSPS) is 13.5. The molecule has 0 saturated carbocycles. The fourth-order valence-corrected chi connectivity index (χ4v) is 4.94. The zero-order chi connectivity index (χ0) is 15.9. The van der Waals surface area contributed by atoms with Crippen LogP contribution < -0.4 is 16.3 Å². The van der Waals surface area contributed by atoms with E-state index in [2.05, 4.69) is 0 Å². The van der Waals surface area contributed by atoms with Crippen molar-refractivity contribution in [3.05, 3.63) is 67.1 Å². The van der Waals surface area contributed by atoms with Crippen LogP contribution in [-0.2, 0) is 0 Å². The summed E-state index contributed by atoms with van der Waals surface area (Å²) in [5.74, 6) is 0. The van der Waals surface area contributed by atoms with Crippen LogP contribution in [0.15, 0.2) is 50.8 Å². The van der Waals surface area contributed by atoms with Crippen molar-refractivity contribution in [2.24, 2.45) is 0 Å². The zero-order valence-corrected chi connectivity index (χ0v) is 12.2. The van der Waals surface area contributed by atoms with Crippen molar-refractivity contribution in [1.29, 1.82) is 0 Å². The molecule has 7 aromatic rings. The molecule has 0 aliphatic carbocycles. The van der Waals surface area contributed by atoms with Gasteiger partial charge >= 0.3 is 0 Å². The monoisotopic (exact) mass is 306 g/mol. The summed E-state index contributed by atoms with van der Waals surface area (Å²) in [7, 11) is 0. The Bertz CT molecular complexity index is 1390. The molecule has 3 nitrogen and oxygen atoms in total. The molecule has 3 heteroatoms. The largest absolute Gasteiger partial charge is 0.289 e. The van der Waals surface area contributed by atoms with E-state index in [0.29, 0.717) is 32.3 Å². The lowest BCUT2D eigenvalue weighted by Crippen LogP contribution is -1.95. The SMILES string of the molecule is O=c1c2ccc3c(=O)c4ccc5c(=O)c6ccc1c1c2c3c4c5c61. The molecule has 7 rings (SSSR count). The lowest BCUT2D eigenvalue weighted by molar-refractivity contribution is 1.82. The maximum Gasteiger partial charge on any atom is 0.194 e. The molecule has 0 bridgehead atoms. The van der Waals surface area contributed by atoms with Gasteiger partial charge in [0.25, 0.3) is 0 Å². The van der Waals surface area contributed by atoms with Crippen LogP contribution in [-0.4, -0.2) is 0 Å². The molecular weight excluding hydrogens is 300 g/mol. The van der Waals surface area contributed by atoms with Crippen LogP contribution in [0.25, 0.3) is 64.6 Å². The van der Waals surface area contributed by atoms with Crippen molar-refractivity contribution >= 4 is 64.6 Å². The quantitative estimate of drug-likeness (QED) is 0.404. The van der Waals surface area contributed by atoms with Gasteiger partial charge in [0.05, 0.1) is 0 Å². The Labute approximate surface area is 132 Å². The highest BCUT2D eigenvalue weighted by molar-refractivity contribution is 6.47. The number of hydrogen-bond donors (Lipinski definition) is 0. The third kappa shape index (κ3) is 0.833. The first-order chi connectivity index (χ1) is 11.7. The molecule has 0 fully saturated rings. The van der Waals surface area contributed by atoms with Gasteiger partial charge < -0.3 is 0 Å². The summed E-state index contributed by atoms with van der Waals surface area (Å²) in [4.78, 5) is 38.5. The standard InChI is InChI=1S/C21H6O3/c22-19-7-1-2-8-14-13(7)15-9(19)3-4-11-17(15)18-12(21(11)24)6-5-10(16(14)18)20(8)23/h1-6H. The minimum Gasteiger partial charge on any atom is -0.289 e. The maximum absolute atomic E-state index is 12.8. The van der Waals surface area contributed by atoms with Crippen molar-refractivity contribution in [2.75, 3.05) is 0 Å². The van der Waals surface area contributed by atoms with E-state index < -0.39 is 0 Å². The minimum absolute atomic E-state index is 0.0137. The van der Waals surface area contributed by atoms with Gasteiger partial charge in [-0.15, -0.1) is 0 Å². The van der Waals surface area contributed by atoms with Crippen LogP contribution in [0.2, 0.25) is 0 Å². The average molecular weight is 306 g/mol. The van der Waals surface area contributed by atoms with Crippen molar-refractivity contribution in [3.8, 4) is 0 Å². The Morgan fingerprint density at radius 1 is 0.333 bits per heavy atom. The first-order valence-electron chi connectivity index (χ1n) is 7.84. The molecule has 24 heavy (non-hydrogen) atoms. The molecule has 0 radical (unpaired) electrons. The first kappa shape index (κ1) is 11.2. The Morgan fingerprint density at radius 3 is 0.667 bits per heavy atom. The van der Waals surface area contributed by atoms with Gasteiger partial charge in [-0.25, -0.2) is 0 Å². The van der Waals surface area contributed by atoms with Gasteiger partial charge in [-0.05, 0) is 36.4 Å². The highest BCUT2D eigenvalue weighted by Crippen LogP contribution is 2.47. The van der Waals surface area contributed by atoms with Crippen molar-refractivity contribution in [3.63, 3.8) is 0 Å². The third-order valence-corrected chi connectivity index (χ3v) is 5.83. The van der Waals surface area contributed by atoms with Gasteiger partial charge in [0.15, 0.2) is 16.3 Å². The van der Waals surface area contributed by atoms with Gasteiger partial charge in [-0.3, -0.25) is 14.4 Å². The maximum atomic E-state index is 12.8. The summed E-state index contributed by atoms with van der Waals surface area (Å²) >= 11 is 0. The second-order valence-electron chi connectivity index (χ2n) is 6.72. The number of benzene rings is 4. The second kappa shape index (κ2) is 3.02. The topological polar surface area (TPSA) is 51.2 Å². The molecule has 0 heterocycles. The van der Waals surface area contributed by atoms with Crippen molar-refractivity contribution in [1.82, 2.24) is 0 Å². The van der Waals surface area contributed by atoms with E-state index in [-0.39, 0.29) is 16.3 Å². The van der Waals surface area contributed by atoms with E-state index >= 15 is 0 Å². The second-order valence-corrected chi connectivity index (χ2v) is 6.72. The van der Waals surface area contributed by atoms with E-state index in [1.165, 1.54) is 0 Å². The molecule has 0 aliphatic heterocycles. The molecule has 0 aromatic heterocycles. The molecule has 0 N–H and O–H groups in total. The van der Waals surface area contributed by atoms with Gasteiger partial charge in [0.1, 0.15) is 0 Å². The van der Waals surface area contributed by atoms with Gasteiger partial charge in [0, 0.05) is 64.6 Å².